The molecule has 1 unspecified atom stereocenters. The number of ketones is 1. The first-order valence-electron chi connectivity index (χ1n) is 5.52. The highest BCUT2D eigenvalue weighted by molar-refractivity contribution is 6.05. The Morgan fingerprint density at radius 3 is 3.07 bits per heavy atom. The molecule has 2 rings (SSSR count). The highest BCUT2D eigenvalue weighted by Crippen LogP contribution is 2.33. The lowest BCUT2D eigenvalue weighted by Crippen LogP contribution is -2.11. The van der Waals surface area contributed by atoms with Crippen LogP contribution >= 0.6 is 0 Å². The molecule has 1 aliphatic rings. The van der Waals surface area contributed by atoms with Gasteiger partial charge in [-0.1, -0.05) is 31.7 Å². The molecular formula is C14H16O. The summed E-state index contributed by atoms with van der Waals surface area (Å²) in [5.74, 6) is 0.646. The molecule has 1 aliphatic carbocycles. The van der Waals surface area contributed by atoms with Gasteiger partial charge in [0.2, 0.25) is 0 Å². The highest BCUT2D eigenvalue weighted by atomic mass is 16.1. The minimum Gasteiger partial charge on any atom is -0.289 e. The maximum atomic E-state index is 11.7. The lowest BCUT2D eigenvalue weighted by Gasteiger charge is -2.23. The van der Waals surface area contributed by atoms with E-state index >= 15 is 0 Å². The second-order valence-corrected chi connectivity index (χ2v) is 4.24. The molecule has 0 bridgehead atoms. The van der Waals surface area contributed by atoms with Crippen molar-refractivity contribution >= 4 is 5.78 Å². The van der Waals surface area contributed by atoms with E-state index in [1.54, 1.807) is 0 Å². The van der Waals surface area contributed by atoms with E-state index in [-0.39, 0.29) is 5.78 Å². The molecule has 0 amide bonds. The van der Waals surface area contributed by atoms with Crippen LogP contribution in [0, 0.1) is 0 Å². The van der Waals surface area contributed by atoms with Gasteiger partial charge in [0.05, 0.1) is 0 Å². The van der Waals surface area contributed by atoms with Crippen LogP contribution in [-0.4, -0.2) is 5.78 Å². The summed E-state index contributed by atoms with van der Waals surface area (Å²) in [7, 11) is 0. The standard InChI is InChI=1S/C14H16O/c1-3-14(15)13-9-5-7-11-10(2)6-4-8-12(11)13/h3,5,7,9-10H,1,4,6,8H2,2H3. The molecule has 78 valence electrons. The highest BCUT2D eigenvalue weighted by Gasteiger charge is 2.20. The number of allylic oxidation sites excluding steroid dienone is 1. The first-order valence-corrected chi connectivity index (χ1v) is 5.52. The van der Waals surface area contributed by atoms with Crippen LogP contribution in [0.25, 0.3) is 0 Å². The van der Waals surface area contributed by atoms with Gasteiger partial charge < -0.3 is 0 Å². The number of benzene rings is 1. The third-order valence-corrected chi connectivity index (χ3v) is 3.26. The topological polar surface area (TPSA) is 17.1 Å². The smallest absolute Gasteiger partial charge is 0.185 e. The van der Waals surface area contributed by atoms with Crippen molar-refractivity contribution in [1.29, 1.82) is 0 Å². The number of rotatable bonds is 2. The van der Waals surface area contributed by atoms with Crippen LogP contribution < -0.4 is 0 Å². The van der Waals surface area contributed by atoms with Gasteiger partial charge in [0.1, 0.15) is 0 Å². The molecule has 0 heterocycles. The van der Waals surface area contributed by atoms with Crippen molar-refractivity contribution in [3.8, 4) is 0 Å². The number of fused-ring (bicyclic) bond motifs is 1. The average molecular weight is 200 g/mol. The zero-order valence-electron chi connectivity index (χ0n) is 9.12. The van der Waals surface area contributed by atoms with E-state index in [1.807, 2.05) is 12.1 Å². The zero-order chi connectivity index (χ0) is 10.8. The Kier molecular flexibility index (Phi) is 2.72. The molecule has 1 atom stereocenters. The van der Waals surface area contributed by atoms with Gasteiger partial charge in [-0.25, -0.2) is 0 Å². The predicted octanol–water partition coefficient (Wildman–Crippen LogP) is 3.50. The summed E-state index contributed by atoms with van der Waals surface area (Å²) in [6.45, 7) is 5.79. The molecule has 0 aliphatic heterocycles. The van der Waals surface area contributed by atoms with Gasteiger partial charge in [-0.3, -0.25) is 4.79 Å². The molecular weight excluding hydrogens is 184 g/mol. The van der Waals surface area contributed by atoms with Crippen molar-refractivity contribution in [3.63, 3.8) is 0 Å². The Hall–Kier alpha value is -1.37. The molecule has 0 saturated carbocycles. The van der Waals surface area contributed by atoms with Crippen molar-refractivity contribution < 1.29 is 4.79 Å². The summed E-state index contributed by atoms with van der Waals surface area (Å²) >= 11 is 0. The number of hydrogen-bond donors (Lipinski definition) is 0. The summed E-state index contributed by atoms with van der Waals surface area (Å²) in [5.41, 5.74) is 3.46. The van der Waals surface area contributed by atoms with Crippen molar-refractivity contribution in [2.45, 2.75) is 32.1 Å². The average Bonchev–Trinajstić information content (AvgIpc) is 2.28. The van der Waals surface area contributed by atoms with Crippen LogP contribution in [0.5, 0.6) is 0 Å². The second-order valence-electron chi connectivity index (χ2n) is 4.24. The first kappa shape index (κ1) is 10.2. The Morgan fingerprint density at radius 2 is 2.33 bits per heavy atom. The van der Waals surface area contributed by atoms with Crippen molar-refractivity contribution in [2.75, 3.05) is 0 Å². The van der Waals surface area contributed by atoms with Crippen LogP contribution in [0.2, 0.25) is 0 Å². The Balaban J connectivity index is 2.53. The molecule has 0 radical (unpaired) electrons. The molecule has 15 heavy (non-hydrogen) atoms. The van der Waals surface area contributed by atoms with Crippen molar-refractivity contribution in [3.05, 3.63) is 47.5 Å². The fourth-order valence-electron chi connectivity index (χ4n) is 2.43. The number of carbonyl (C=O) groups excluding carboxylic acids is 1. The van der Waals surface area contributed by atoms with Gasteiger partial charge in [0.15, 0.2) is 5.78 Å². The van der Waals surface area contributed by atoms with Crippen LogP contribution in [0.1, 0.15) is 47.2 Å². The van der Waals surface area contributed by atoms with Gasteiger partial charge in [-0.2, -0.15) is 0 Å². The largest absolute Gasteiger partial charge is 0.289 e. The normalized spacial score (nSPS) is 19.4. The predicted molar refractivity (Wildman–Crippen MR) is 62.3 cm³/mol. The maximum absolute atomic E-state index is 11.7. The van der Waals surface area contributed by atoms with Crippen molar-refractivity contribution in [1.82, 2.24) is 0 Å². The quantitative estimate of drug-likeness (QED) is 0.527. The van der Waals surface area contributed by atoms with E-state index in [1.165, 1.54) is 30.0 Å². The lowest BCUT2D eigenvalue weighted by atomic mass is 9.81. The monoisotopic (exact) mass is 200 g/mol. The second kappa shape index (κ2) is 4.01. The molecule has 0 aromatic heterocycles. The Morgan fingerprint density at radius 1 is 1.53 bits per heavy atom. The maximum Gasteiger partial charge on any atom is 0.185 e. The Labute approximate surface area is 90.8 Å². The molecule has 0 fully saturated rings. The van der Waals surface area contributed by atoms with Crippen LogP contribution in [0.4, 0.5) is 0 Å². The van der Waals surface area contributed by atoms with Gasteiger partial charge in [-0.05, 0) is 42.4 Å². The lowest BCUT2D eigenvalue weighted by molar-refractivity contribution is 0.104. The number of carbonyl (C=O) groups is 1. The SMILES string of the molecule is C=CC(=O)c1cccc2c1CCCC2C. The zero-order valence-corrected chi connectivity index (χ0v) is 9.12. The summed E-state index contributed by atoms with van der Waals surface area (Å²) in [6.07, 6.45) is 4.87. The molecule has 0 N–H and O–H groups in total. The summed E-state index contributed by atoms with van der Waals surface area (Å²) in [4.78, 5) is 11.7. The molecule has 0 saturated heterocycles. The van der Waals surface area contributed by atoms with Gasteiger partial charge in [-0.15, -0.1) is 0 Å². The van der Waals surface area contributed by atoms with E-state index in [0.29, 0.717) is 5.92 Å². The minimum atomic E-state index is 0.0564. The van der Waals surface area contributed by atoms with Gasteiger partial charge in [0.25, 0.3) is 0 Å². The van der Waals surface area contributed by atoms with Crippen molar-refractivity contribution in [2.24, 2.45) is 0 Å². The molecule has 0 spiro atoms. The molecule has 1 aromatic rings. The summed E-state index contributed by atoms with van der Waals surface area (Å²) in [6, 6.07) is 6.05. The molecule has 1 aromatic carbocycles. The van der Waals surface area contributed by atoms with E-state index in [2.05, 4.69) is 19.6 Å². The molecule has 1 heteroatoms. The number of hydrogen-bond acceptors (Lipinski definition) is 1. The van der Waals surface area contributed by atoms with Crippen LogP contribution in [0.15, 0.2) is 30.9 Å². The fourth-order valence-corrected chi connectivity index (χ4v) is 2.43. The molecule has 1 nitrogen and oxygen atoms in total. The third kappa shape index (κ3) is 1.74. The van der Waals surface area contributed by atoms with Gasteiger partial charge >= 0.3 is 0 Å². The van der Waals surface area contributed by atoms with E-state index in [0.717, 1.165) is 12.0 Å². The third-order valence-electron chi connectivity index (χ3n) is 3.26. The van der Waals surface area contributed by atoms with Gasteiger partial charge in [0, 0.05) is 5.56 Å². The first-order chi connectivity index (χ1) is 7.24. The van der Waals surface area contributed by atoms with Crippen LogP contribution in [0.3, 0.4) is 0 Å². The summed E-state index contributed by atoms with van der Waals surface area (Å²) in [5, 5.41) is 0. The summed E-state index contributed by atoms with van der Waals surface area (Å²) < 4.78 is 0. The van der Waals surface area contributed by atoms with E-state index in [4.69, 9.17) is 0 Å². The Bertz CT molecular complexity index is 404. The minimum absolute atomic E-state index is 0.0564. The van der Waals surface area contributed by atoms with E-state index < -0.39 is 0 Å². The fraction of sp³-hybridized carbons (Fsp3) is 0.357. The van der Waals surface area contributed by atoms with E-state index in [9.17, 15) is 4.79 Å². The van der Waals surface area contributed by atoms with Crippen LogP contribution in [-0.2, 0) is 6.42 Å².